The summed E-state index contributed by atoms with van der Waals surface area (Å²) in [6, 6.07) is 16.6. The number of rotatable bonds is 7. The molecule has 158 valence electrons. The molecule has 0 aliphatic carbocycles. The van der Waals surface area contributed by atoms with Gasteiger partial charge in [0.2, 0.25) is 0 Å². The normalized spacial score (nSPS) is 15.1. The van der Waals surface area contributed by atoms with E-state index >= 15 is 0 Å². The van der Waals surface area contributed by atoms with Crippen LogP contribution in [0.3, 0.4) is 0 Å². The van der Waals surface area contributed by atoms with Crippen molar-refractivity contribution in [3.8, 4) is 22.1 Å². The third-order valence-corrected chi connectivity index (χ3v) is 6.32. The standard InChI is InChI=1S/C24H29N3O2S/c1-3-29-23-9-5-19(6-10-23)24-25-20(18-30-24)17-26-13-4-14-27(16-15-26)21-7-11-22(28-2)12-8-21/h5-12,18H,3-4,13-17H2,1-2H3. The van der Waals surface area contributed by atoms with Gasteiger partial charge in [-0.25, -0.2) is 4.98 Å². The second-order valence-corrected chi connectivity index (χ2v) is 8.27. The molecule has 0 N–H and O–H groups in total. The molecule has 0 amide bonds. The van der Waals surface area contributed by atoms with Crippen LogP contribution in [-0.2, 0) is 6.54 Å². The van der Waals surface area contributed by atoms with E-state index in [2.05, 4.69) is 39.4 Å². The van der Waals surface area contributed by atoms with E-state index < -0.39 is 0 Å². The van der Waals surface area contributed by atoms with Crippen LogP contribution in [0, 0.1) is 0 Å². The molecule has 3 aromatic rings. The lowest BCUT2D eigenvalue weighted by Gasteiger charge is -2.23. The fourth-order valence-corrected chi connectivity index (χ4v) is 4.60. The van der Waals surface area contributed by atoms with Gasteiger partial charge in [-0.3, -0.25) is 4.90 Å². The Labute approximate surface area is 182 Å². The Hall–Kier alpha value is -2.57. The minimum absolute atomic E-state index is 0.687. The molecule has 4 rings (SSSR count). The summed E-state index contributed by atoms with van der Waals surface area (Å²) in [6.07, 6.45) is 1.15. The predicted octanol–water partition coefficient (Wildman–Crippen LogP) is 4.93. The largest absolute Gasteiger partial charge is 0.497 e. The van der Waals surface area contributed by atoms with Crippen LogP contribution in [0.4, 0.5) is 5.69 Å². The van der Waals surface area contributed by atoms with Crippen molar-refractivity contribution in [3.05, 3.63) is 59.6 Å². The zero-order valence-corrected chi connectivity index (χ0v) is 18.5. The van der Waals surface area contributed by atoms with Crippen molar-refractivity contribution in [3.63, 3.8) is 0 Å². The monoisotopic (exact) mass is 423 g/mol. The van der Waals surface area contributed by atoms with Crippen LogP contribution in [-0.4, -0.2) is 49.8 Å². The first-order valence-corrected chi connectivity index (χ1v) is 11.4. The number of nitrogens with zero attached hydrogens (tertiary/aromatic N) is 3. The summed E-state index contributed by atoms with van der Waals surface area (Å²) in [5.41, 5.74) is 3.57. The van der Waals surface area contributed by atoms with Crippen LogP contribution in [0.5, 0.6) is 11.5 Å². The molecule has 0 bridgehead atoms. The van der Waals surface area contributed by atoms with E-state index in [4.69, 9.17) is 14.5 Å². The van der Waals surface area contributed by atoms with Crippen LogP contribution >= 0.6 is 11.3 Å². The number of thiazole rings is 1. The summed E-state index contributed by atoms with van der Waals surface area (Å²) in [4.78, 5) is 9.86. The van der Waals surface area contributed by atoms with E-state index in [0.717, 1.165) is 66.9 Å². The van der Waals surface area contributed by atoms with Gasteiger partial charge in [0.15, 0.2) is 0 Å². The zero-order valence-electron chi connectivity index (χ0n) is 17.7. The van der Waals surface area contributed by atoms with Crippen molar-refractivity contribution in [1.29, 1.82) is 0 Å². The van der Waals surface area contributed by atoms with Gasteiger partial charge in [0.25, 0.3) is 0 Å². The predicted molar refractivity (Wildman–Crippen MR) is 124 cm³/mol. The third kappa shape index (κ3) is 5.12. The first kappa shape index (κ1) is 20.7. The quantitative estimate of drug-likeness (QED) is 0.539. The van der Waals surface area contributed by atoms with Gasteiger partial charge in [0, 0.05) is 49.4 Å². The van der Waals surface area contributed by atoms with Crippen molar-refractivity contribution in [2.45, 2.75) is 19.9 Å². The number of benzene rings is 2. The van der Waals surface area contributed by atoms with Crippen molar-refractivity contribution in [1.82, 2.24) is 9.88 Å². The highest BCUT2D eigenvalue weighted by molar-refractivity contribution is 7.13. The Morgan fingerprint density at radius 1 is 0.933 bits per heavy atom. The van der Waals surface area contributed by atoms with Crippen LogP contribution in [0.15, 0.2) is 53.9 Å². The van der Waals surface area contributed by atoms with Crippen molar-refractivity contribution in [2.24, 2.45) is 0 Å². The average molecular weight is 424 g/mol. The van der Waals surface area contributed by atoms with Gasteiger partial charge in [-0.1, -0.05) is 0 Å². The third-order valence-electron chi connectivity index (χ3n) is 5.38. The van der Waals surface area contributed by atoms with Crippen LogP contribution < -0.4 is 14.4 Å². The SMILES string of the molecule is CCOc1ccc(-c2nc(CN3CCCN(c4ccc(OC)cc4)CC3)cs2)cc1. The van der Waals surface area contributed by atoms with Gasteiger partial charge >= 0.3 is 0 Å². The van der Waals surface area contributed by atoms with Crippen molar-refractivity contribution in [2.75, 3.05) is 44.8 Å². The van der Waals surface area contributed by atoms with E-state index in [1.165, 1.54) is 5.69 Å². The van der Waals surface area contributed by atoms with Crippen LogP contribution in [0.2, 0.25) is 0 Å². The Morgan fingerprint density at radius 2 is 1.70 bits per heavy atom. The molecule has 6 heteroatoms. The number of hydrogen-bond acceptors (Lipinski definition) is 6. The highest BCUT2D eigenvalue weighted by atomic mass is 32.1. The van der Waals surface area contributed by atoms with Gasteiger partial charge in [-0.05, 0) is 61.9 Å². The number of anilines is 1. The Bertz CT molecular complexity index is 924. The molecule has 2 aromatic carbocycles. The van der Waals surface area contributed by atoms with Crippen molar-refractivity contribution < 1.29 is 9.47 Å². The maximum Gasteiger partial charge on any atom is 0.123 e. The van der Waals surface area contributed by atoms with E-state index in [1.807, 2.05) is 31.2 Å². The molecule has 0 unspecified atom stereocenters. The van der Waals surface area contributed by atoms with Gasteiger partial charge in [-0.15, -0.1) is 11.3 Å². The molecule has 1 fully saturated rings. The Morgan fingerprint density at radius 3 is 2.43 bits per heavy atom. The maximum absolute atomic E-state index is 5.53. The van der Waals surface area contributed by atoms with Crippen molar-refractivity contribution >= 4 is 17.0 Å². The number of aromatic nitrogens is 1. The molecule has 0 spiro atoms. The molecule has 0 saturated carbocycles. The highest BCUT2D eigenvalue weighted by Crippen LogP contribution is 2.27. The molecule has 5 nitrogen and oxygen atoms in total. The second kappa shape index (κ2) is 9.96. The number of ether oxygens (including phenoxy) is 2. The molecule has 1 aromatic heterocycles. The fraction of sp³-hybridized carbons (Fsp3) is 0.375. The molecule has 1 saturated heterocycles. The van der Waals surface area contributed by atoms with Gasteiger partial charge < -0.3 is 14.4 Å². The topological polar surface area (TPSA) is 37.8 Å². The molecule has 30 heavy (non-hydrogen) atoms. The molecular formula is C24H29N3O2S. The van der Waals surface area contributed by atoms with E-state index in [9.17, 15) is 0 Å². The molecule has 1 aliphatic rings. The highest BCUT2D eigenvalue weighted by Gasteiger charge is 2.17. The fourth-order valence-electron chi connectivity index (χ4n) is 3.78. The average Bonchev–Trinajstić information content (AvgIpc) is 3.12. The van der Waals surface area contributed by atoms with E-state index in [0.29, 0.717) is 6.61 Å². The van der Waals surface area contributed by atoms with Crippen LogP contribution in [0.25, 0.3) is 10.6 Å². The van der Waals surface area contributed by atoms with E-state index in [-0.39, 0.29) is 0 Å². The lowest BCUT2D eigenvalue weighted by molar-refractivity contribution is 0.282. The lowest BCUT2D eigenvalue weighted by Crippen LogP contribution is -2.30. The molecule has 2 heterocycles. The summed E-state index contributed by atoms with van der Waals surface area (Å²) in [7, 11) is 1.71. The Balaban J connectivity index is 1.34. The summed E-state index contributed by atoms with van der Waals surface area (Å²) in [6.45, 7) is 7.85. The first-order valence-electron chi connectivity index (χ1n) is 10.5. The Kier molecular flexibility index (Phi) is 6.87. The maximum atomic E-state index is 5.53. The summed E-state index contributed by atoms with van der Waals surface area (Å²) in [5.74, 6) is 1.81. The summed E-state index contributed by atoms with van der Waals surface area (Å²) < 4.78 is 10.8. The number of hydrogen-bond donors (Lipinski definition) is 0. The van der Waals surface area contributed by atoms with Gasteiger partial charge in [-0.2, -0.15) is 0 Å². The van der Waals surface area contributed by atoms with E-state index in [1.54, 1.807) is 18.4 Å². The smallest absolute Gasteiger partial charge is 0.123 e. The lowest BCUT2D eigenvalue weighted by atomic mass is 10.2. The zero-order chi connectivity index (χ0) is 20.8. The summed E-state index contributed by atoms with van der Waals surface area (Å²) in [5, 5.41) is 3.26. The molecule has 1 aliphatic heterocycles. The minimum atomic E-state index is 0.687. The molecular weight excluding hydrogens is 394 g/mol. The van der Waals surface area contributed by atoms with Crippen LogP contribution in [0.1, 0.15) is 19.0 Å². The molecule has 0 atom stereocenters. The minimum Gasteiger partial charge on any atom is -0.497 e. The number of methoxy groups -OCH3 is 1. The first-order chi connectivity index (χ1) is 14.7. The molecule has 0 radical (unpaired) electrons. The second-order valence-electron chi connectivity index (χ2n) is 7.42. The van der Waals surface area contributed by atoms with Gasteiger partial charge in [0.05, 0.1) is 19.4 Å². The summed E-state index contributed by atoms with van der Waals surface area (Å²) >= 11 is 1.72. The van der Waals surface area contributed by atoms with Gasteiger partial charge in [0.1, 0.15) is 16.5 Å².